The molecule has 0 radical (unpaired) electrons. The molecular formula is C15H21FN2O4S. The van der Waals surface area contributed by atoms with E-state index in [1.807, 2.05) is 0 Å². The summed E-state index contributed by atoms with van der Waals surface area (Å²) in [6, 6.07) is 2.70. The van der Waals surface area contributed by atoms with Gasteiger partial charge in [0.05, 0.1) is 17.1 Å². The van der Waals surface area contributed by atoms with Gasteiger partial charge in [0.2, 0.25) is 10.0 Å². The molecule has 0 amide bonds. The molecule has 1 aromatic carbocycles. The average Bonchev–Trinajstić information content (AvgIpc) is 2.93. The van der Waals surface area contributed by atoms with Crippen LogP contribution in [-0.4, -0.2) is 33.6 Å². The molecule has 1 aromatic rings. The van der Waals surface area contributed by atoms with Crippen molar-refractivity contribution in [3.05, 3.63) is 29.6 Å². The van der Waals surface area contributed by atoms with Crippen molar-refractivity contribution in [2.75, 3.05) is 13.2 Å². The van der Waals surface area contributed by atoms with E-state index in [9.17, 15) is 17.6 Å². The molecular weight excluding hydrogens is 323 g/mol. The molecule has 3 N–H and O–H groups in total. The summed E-state index contributed by atoms with van der Waals surface area (Å²) >= 11 is 0. The number of halogens is 1. The predicted octanol–water partition coefficient (Wildman–Crippen LogP) is 1.41. The van der Waals surface area contributed by atoms with E-state index in [0.29, 0.717) is 13.0 Å². The van der Waals surface area contributed by atoms with Crippen molar-refractivity contribution >= 4 is 16.0 Å². The second-order valence-electron chi connectivity index (χ2n) is 5.55. The molecule has 8 heteroatoms. The van der Waals surface area contributed by atoms with Gasteiger partial charge in [-0.15, -0.1) is 0 Å². The number of sulfonamides is 1. The Morgan fingerprint density at radius 2 is 2.13 bits per heavy atom. The summed E-state index contributed by atoms with van der Waals surface area (Å²) in [6.07, 6.45) is 2.45. The van der Waals surface area contributed by atoms with Gasteiger partial charge < -0.3 is 10.5 Å². The topological polar surface area (TPSA) is 98.5 Å². The third-order valence-corrected chi connectivity index (χ3v) is 5.43. The second kappa shape index (κ2) is 7.37. The maximum Gasteiger partial charge on any atom is 0.338 e. The molecule has 0 spiro atoms. The minimum absolute atomic E-state index is 0.0721. The Morgan fingerprint density at radius 3 is 2.78 bits per heavy atom. The highest BCUT2D eigenvalue weighted by Gasteiger charge is 2.31. The zero-order valence-electron chi connectivity index (χ0n) is 12.9. The molecule has 0 bridgehead atoms. The van der Waals surface area contributed by atoms with Crippen LogP contribution in [0.1, 0.15) is 36.5 Å². The summed E-state index contributed by atoms with van der Waals surface area (Å²) in [5, 5.41) is 0. The zero-order chi connectivity index (χ0) is 17.0. The molecule has 2 unspecified atom stereocenters. The summed E-state index contributed by atoms with van der Waals surface area (Å²) in [5.74, 6) is -1.50. The first-order chi connectivity index (χ1) is 10.9. The van der Waals surface area contributed by atoms with Gasteiger partial charge in [-0.25, -0.2) is 22.3 Å². The van der Waals surface area contributed by atoms with Gasteiger partial charge in [-0.3, -0.25) is 0 Å². The maximum absolute atomic E-state index is 13.7. The average molecular weight is 344 g/mol. The molecule has 1 aliphatic carbocycles. The van der Waals surface area contributed by atoms with Gasteiger partial charge in [0.15, 0.2) is 0 Å². The molecule has 0 aromatic heterocycles. The van der Waals surface area contributed by atoms with Gasteiger partial charge >= 0.3 is 5.97 Å². The number of ether oxygens (including phenoxy) is 1. The Balaban J connectivity index is 2.27. The van der Waals surface area contributed by atoms with Crippen LogP contribution in [0.25, 0.3) is 0 Å². The van der Waals surface area contributed by atoms with E-state index in [-0.39, 0.29) is 29.0 Å². The van der Waals surface area contributed by atoms with E-state index >= 15 is 0 Å². The van der Waals surface area contributed by atoms with Crippen LogP contribution in [-0.2, 0) is 14.8 Å². The quantitative estimate of drug-likeness (QED) is 0.760. The minimum atomic E-state index is -3.93. The van der Waals surface area contributed by atoms with Crippen LogP contribution in [0.3, 0.4) is 0 Å². The van der Waals surface area contributed by atoms with E-state index in [4.69, 9.17) is 10.5 Å². The predicted molar refractivity (Wildman–Crippen MR) is 82.9 cm³/mol. The van der Waals surface area contributed by atoms with Crippen molar-refractivity contribution in [2.45, 2.75) is 37.1 Å². The molecule has 0 aliphatic heterocycles. The van der Waals surface area contributed by atoms with Crippen molar-refractivity contribution in [1.82, 2.24) is 4.72 Å². The molecule has 2 atom stereocenters. The number of rotatable bonds is 6. The highest BCUT2D eigenvalue weighted by Crippen LogP contribution is 2.26. The number of nitrogens with two attached hydrogens (primary N) is 1. The first kappa shape index (κ1) is 17.8. The van der Waals surface area contributed by atoms with Gasteiger partial charge in [-0.2, -0.15) is 0 Å². The van der Waals surface area contributed by atoms with Crippen molar-refractivity contribution in [2.24, 2.45) is 11.7 Å². The zero-order valence-corrected chi connectivity index (χ0v) is 13.7. The molecule has 2 rings (SSSR count). The lowest BCUT2D eigenvalue weighted by Gasteiger charge is -2.19. The van der Waals surface area contributed by atoms with Crippen LogP contribution in [0.4, 0.5) is 4.39 Å². The molecule has 0 heterocycles. The summed E-state index contributed by atoms with van der Waals surface area (Å²) in [5.41, 5.74) is 5.52. The Kier molecular flexibility index (Phi) is 5.72. The number of hydrogen-bond donors (Lipinski definition) is 2. The van der Waals surface area contributed by atoms with E-state index in [1.54, 1.807) is 6.92 Å². The van der Waals surface area contributed by atoms with Crippen molar-refractivity contribution < 1.29 is 22.3 Å². The first-order valence-electron chi connectivity index (χ1n) is 7.57. The summed E-state index contributed by atoms with van der Waals surface area (Å²) in [7, 11) is -3.93. The molecule has 128 valence electrons. The Bertz CT molecular complexity index is 678. The highest BCUT2D eigenvalue weighted by atomic mass is 32.2. The fraction of sp³-hybridized carbons (Fsp3) is 0.533. The number of carbonyl (C=O) groups excluding carboxylic acids is 1. The van der Waals surface area contributed by atoms with E-state index < -0.39 is 21.8 Å². The van der Waals surface area contributed by atoms with Crippen molar-refractivity contribution in [3.8, 4) is 0 Å². The van der Waals surface area contributed by atoms with Crippen LogP contribution in [0.2, 0.25) is 0 Å². The molecule has 0 saturated heterocycles. The largest absolute Gasteiger partial charge is 0.462 e. The molecule has 1 saturated carbocycles. The Hall–Kier alpha value is -1.51. The lowest BCUT2D eigenvalue weighted by molar-refractivity contribution is 0.0525. The van der Waals surface area contributed by atoms with Gasteiger partial charge in [0.1, 0.15) is 5.82 Å². The van der Waals surface area contributed by atoms with Gasteiger partial charge in [-0.05, 0) is 50.4 Å². The normalized spacial score (nSPS) is 21.3. The van der Waals surface area contributed by atoms with Gasteiger partial charge in [0.25, 0.3) is 0 Å². The van der Waals surface area contributed by atoms with E-state index in [0.717, 1.165) is 31.0 Å². The van der Waals surface area contributed by atoms with Crippen LogP contribution < -0.4 is 10.5 Å². The second-order valence-corrected chi connectivity index (χ2v) is 7.26. The number of nitrogens with one attached hydrogen (secondary N) is 1. The molecule has 1 aliphatic rings. The number of benzene rings is 1. The van der Waals surface area contributed by atoms with Crippen molar-refractivity contribution in [1.29, 1.82) is 0 Å². The monoisotopic (exact) mass is 344 g/mol. The third-order valence-electron chi connectivity index (χ3n) is 3.96. The van der Waals surface area contributed by atoms with E-state index in [2.05, 4.69) is 4.72 Å². The van der Waals surface area contributed by atoms with Gasteiger partial charge in [-0.1, -0.05) is 6.42 Å². The van der Waals surface area contributed by atoms with Crippen LogP contribution in [0, 0.1) is 11.7 Å². The minimum Gasteiger partial charge on any atom is -0.462 e. The number of carbonyl (C=O) groups is 1. The summed E-state index contributed by atoms with van der Waals surface area (Å²) in [6.45, 7) is 2.13. The van der Waals surface area contributed by atoms with Crippen molar-refractivity contribution in [3.63, 3.8) is 0 Å². The summed E-state index contributed by atoms with van der Waals surface area (Å²) in [4.78, 5) is 11.4. The fourth-order valence-corrected chi connectivity index (χ4v) is 4.19. The van der Waals surface area contributed by atoms with Crippen LogP contribution in [0.15, 0.2) is 23.1 Å². The first-order valence-corrected chi connectivity index (χ1v) is 9.05. The smallest absolute Gasteiger partial charge is 0.338 e. The number of esters is 1. The maximum atomic E-state index is 13.7. The molecule has 1 fully saturated rings. The SMILES string of the molecule is CCOC(=O)c1cc(F)cc(S(=O)(=O)NC2CCCC2CN)c1. The lowest BCUT2D eigenvalue weighted by atomic mass is 10.1. The Morgan fingerprint density at radius 1 is 1.39 bits per heavy atom. The fourth-order valence-electron chi connectivity index (χ4n) is 2.79. The van der Waals surface area contributed by atoms with Crippen LogP contribution >= 0.6 is 0 Å². The standard InChI is InChI=1S/C15H21FN2O4S/c1-2-22-15(19)11-6-12(16)8-13(7-11)23(20,21)18-14-5-3-4-10(14)9-17/h6-8,10,14,18H,2-5,9,17H2,1H3. The molecule has 23 heavy (non-hydrogen) atoms. The molecule has 6 nitrogen and oxygen atoms in total. The van der Waals surface area contributed by atoms with E-state index in [1.165, 1.54) is 0 Å². The highest BCUT2D eigenvalue weighted by molar-refractivity contribution is 7.89. The van der Waals surface area contributed by atoms with Crippen LogP contribution in [0.5, 0.6) is 0 Å². The number of hydrogen-bond acceptors (Lipinski definition) is 5. The lowest BCUT2D eigenvalue weighted by Crippen LogP contribution is -2.39. The summed E-state index contributed by atoms with van der Waals surface area (Å²) < 4.78 is 46.0. The third kappa shape index (κ3) is 4.27. The Labute approximate surface area is 135 Å². The van der Waals surface area contributed by atoms with Gasteiger partial charge in [0, 0.05) is 6.04 Å².